The van der Waals surface area contributed by atoms with Crippen molar-refractivity contribution < 1.29 is 28.0 Å². The van der Waals surface area contributed by atoms with Gasteiger partial charge in [0.25, 0.3) is 11.6 Å². The molecule has 0 saturated carbocycles. The van der Waals surface area contributed by atoms with Crippen molar-refractivity contribution >= 4 is 29.2 Å². The lowest BCUT2D eigenvalue weighted by molar-refractivity contribution is -0.384. The molecule has 0 spiro atoms. The maximum absolute atomic E-state index is 13.7. The third-order valence-electron chi connectivity index (χ3n) is 3.52. The largest absolute Gasteiger partial charge is 0.452 e. The van der Waals surface area contributed by atoms with Gasteiger partial charge in [-0.3, -0.25) is 14.9 Å². The Balaban J connectivity index is 1.98. The van der Waals surface area contributed by atoms with Gasteiger partial charge >= 0.3 is 5.97 Å². The zero-order valence-electron chi connectivity index (χ0n) is 13.9. The fraction of sp³-hybridized carbons (Fsp3) is 0.176. The average Bonchev–Trinajstić information content (AvgIpc) is 2.59. The van der Waals surface area contributed by atoms with Crippen LogP contribution >= 0.6 is 11.6 Å². The predicted octanol–water partition coefficient (Wildman–Crippen LogP) is 3.56. The first-order valence-electron chi connectivity index (χ1n) is 7.54. The number of nitrogens with zero attached hydrogens (tertiary/aromatic N) is 1. The summed E-state index contributed by atoms with van der Waals surface area (Å²) >= 11 is 5.81. The highest BCUT2D eigenvalue weighted by Gasteiger charge is 2.19. The average molecular weight is 399 g/mol. The number of nitro benzene ring substituents is 1. The van der Waals surface area contributed by atoms with Gasteiger partial charge in [0.1, 0.15) is 11.6 Å². The summed E-state index contributed by atoms with van der Waals surface area (Å²) in [6.07, 6.45) is 0. The fourth-order valence-electron chi connectivity index (χ4n) is 2.21. The predicted molar refractivity (Wildman–Crippen MR) is 91.3 cm³/mol. The van der Waals surface area contributed by atoms with E-state index in [1.54, 1.807) is 0 Å². The van der Waals surface area contributed by atoms with Crippen LogP contribution in [0.1, 0.15) is 28.9 Å². The van der Waals surface area contributed by atoms with Crippen LogP contribution in [0, 0.1) is 21.7 Å². The second kappa shape index (κ2) is 8.54. The first-order chi connectivity index (χ1) is 12.7. The van der Waals surface area contributed by atoms with Crippen molar-refractivity contribution in [3.63, 3.8) is 0 Å². The maximum Gasteiger partial charge on any atom is 0.340 e. The molecule has 1 amide bonds. The van der Waals surface area contributed by atoms with Crippen molar-refractivity contribution in [1.82, 2.24) is 5.32 Å². The van der Waals surface area contributed by atoms with E-state index in [1.165, 1.54) is 13.0 Å². The lowest BCUT2D eigenvalue weighted by atomic mass is 10.1. The number of hydrogen-bond acceptors (Lipinski definition) is 5. The normalized spacial score (nSPS) is 11.6. The van der Waals surface area contributed by atoms with E-state index < -0.39 is 41.1 Å². The molecule has 0 unspecified atom stereocenters. The third kappa shape index (κ3) is 5.20. The Bertz CT molecular complexity index is 907. The first-order valence-corrected chi connectivity index (χ1v) is 7.92. The molecule has 2 aromatic rings. The molecule has 0 aliphatic carbocycles. The Hall–Kier alpha value is -3.07. The molecule has 2 rings (SSSR count). The molecule has 10 heteroatoms. The van der Waals surface area contributed by atoms with Crippen LogP contribution in [-0.2, 0) is 9.53 Å². The molecule has 0 bridgehead atoms. The highest BCUT2D eigenvalue weighted by molar-refractivity contribution is 6.33. The van der Waals surface area contributed by atoms with Gasteiger partial charge in [0, 0.05) is 23.8 Å². The second-order valence-electron chi connectivity index (χ2n) is 5.45. The Morgan fingerprint density at radius 3 is 2.59 bits per heavy atom. The number of esters is 1. The van der Waals surface area contributed by atoms with Gasteiger partial charge in [-0.25, -0.2) is 13.6 Å². The molecule has 1 atom stereocenters. The zero-order valence-corrected chi connectivity index (χ0v) is 14.6. The molecule has 0 heterocycles. The Morgan fingerprint density at radius 2 is 1.96 bits per heavy atom. The van der Waals surface area contributed by atoms with Crippen LogP contribution in [0.15, 0.2) is 36.4 Å². The summed E-state index contributed by atoms with van der Waals surface area (Å²) < 4.78 is 31.4. The number of benzene rings is 2. The number of ether oxygens (including phenoxy) is 1. The molecule has 0 aliphatic heterocycles. The summed E-state index contributed by atoms with van der Waals surface area (Å²) in [4.78, 5) is 33.9. The molecular weight excluding hydrogens is 386 g/mol. The lowest BCUT2D eigenvalue weighted by Gasteiger charge is -2.15. The van der Waals surface area contributed by atoms with E-state index in [9.17, 15) is 28.5 Å². The van der Waals surface area contributed by atoms with Crippen molar-refractivity contribution in [2.75, 3.05) is 6.61 Å². The molecule has 27 heavy (non-hydrogen) atoms. The third-order valence-corrected chi connectivity index (χ3v) is 3.85. The van der Waals surface area contributed by atoms with Crippen molar-refractivity contribution in [1.29, 1.82) is 0 Å². The molecule has 0 saturated heterocycles. The number of amides is 1. The van der Waals surface area contributed by atoms with E-state index in [0.29, 0.717) is 6.07 Å². The molecule has 0 aliphatic rings. The number of hydrogen-bond donors (Lipinski definition) is 1. The van der Waals surface area contributed by atoms with Gasteiger partial charge in [0.15, 0.2) is 6.61 Å². The van der Waals surface area contributed by atoms with Crippen LogP contribution in [-0.4, -0.2) is 23.4 Å². The molecular formula is C17H13ClF2N2O5. The smallest absolute Gasteiger partial charge is 0.340 e. The molecule has 1 N–H and O–H groups in total. The minimum atomic E-state index is -1.03. The van der Waals surface area contributed by atoms with Crippen LogP contribution in [0.5, 0.6) is 0 Å². The van der Waals surface area contributed by atoms with Gasteiger partial charge in [-0.05, 0) is 19.1 Å². The number of halogens is 3. The van der Waals surface area contributed by atoms with E-state index >= 15 is 0 Å². The molecule has 0 radical (unpaired) electrons. The highest BCUT2D eigenvalue weighted by atomic mass is 35.5. The summed E-state index contributed by atoms with van der Waals surface area (Å²) in [6.45, 7) is 0.748. The van der Waals surface area contributed by atoms with Crippen molar-refractivity contribution in [2.24, 2.45) is 0 Å². The number of nitro groups is 1. The number of carbonyl (C=O) groups is 2. The van der Waals surface area contributed by atoms with Gasteiger partial charge < -0.3 is 10.1 Å². The number of rotatable bonds is 6. The molecule has 0 aromatic heterocycles. The van der Waals surface area contributed by atoms with E-state index in [4.69, 9.17) is 16.3 Å². The van der Waals surface area contributed by atoms with E-state index in [-0.39, 0.29) is 21.8 Å². The van der Waals surface area contributed by atoms with E-state index in [2.05, 4.69) is 5.32 Å². The number of nitrogens with one attached hydrogen (secondary N) is 1. The summed E-state index contributed by atoms with van der Waals surface area (Å²) in [5.74, 6) is -3.36. The van der Waals surface area contributed by atoms with Crippen molar-refractivity contribution in [3.8, 4) is 0 Å². The van der Waals surface area contributed by atoms with Gasteiger partial charge in [-0.15, -0.1) is 0 Å². The van der Waals surface area contributed by atoms with Gasteiger partial charge in [-0.2, -0.15) is 0 Å². The summed E-state index contributed by atoms with van der Waals surface area (Å²) in [5.41, 5.74) is -0.578. The standard InChI is InChI=1S/C17H13ClF2N2O5/c1-9(12-4-2-10(19)6-15(12)20)21-16(23)8-27-17(24)13-7-11(22(25)26)3-5-14(13)18/h2-7,9H,8H2,1H3,(H,21,23)/t9-/m0/s1. The van der Waals surface area contributed by atoms with Gasteiger partial charge in [0.2, 0.25) is 0 Å². The van der Waals surface area contributed by atoms with E-state index in [0.717, 1.165) is 24.3 Å². The van der Waals surface area contributed by atoms with Gasteiger partial charge in [-0.1, -0.05) is 17.7 Å². The quantitative estimate of drug-likeness (QED) is 0.455. The topological polar surface area (TPSA) is 98.5 Å². The van der Waals surface area contributed by atoms with Crippen LogP contribution in [0.25, 0.3) is 0 Å². The Kier molecular flexibility index (Phi) is 6.40. The minimum absolute atomic E-state index is 0.0535. The summed E-state index contributed by atoms with van der Waals surface area (Å²) in [5, 5.41) is 13.1. The lowest BCUT2D eigenvalue weighted by Crippen LogP contribution is -2.31. The second-order valence-corrected chi connectivity index (χ2v) is 5.86. The molecule has 7 nitrogen and oxygen atoms in total. The fourth-order valence-corrected chi connectivity index (χ4v) is 2.40. The maximum atomic E-state index is 13.7. The van der Waals surface area contributed by atoms with Crippen LogP contribution < -0.4 is 5.32 Å². The summed E-state index contributed by atoms with van der Waals surface area (Å²) in [6, 6.07) is 5.32. The minimum Gasteiger partial charge on any atom is -0.452 e. The van der Waals surface area contributed by atoms with Crippen LogP contribution in [0.2, 0.25) is 5.02 Å². The number of non-ortho nitro benzene ring substituents is 1. The highest BCUT2D eigenvalue weighted by Crippen LogP contribution is 2.23. The SMILES string of the molecule is C[C@H](NC(=O)COC(=O)c1cc([N+](=O)[O-])ccc1Cl)c1ccc(F)cc1F. The molecule has 142 valence electrons. The number of carbonyl (C=O) groups excluding carboxylic acids is 2. The first kappa shape index (κ1) is 20.2. The van der Waals surface area contributed by atoms with E-state index in [1.807, 2.05) is 0 Å². The molecule has 2 aromatic carbocycles. The summed E-state index contributed by atoms with van der Waals surface area (Å²) in [7, 11) is 0. The van der Waals surface area contributed by atoms with Gasteiger partial charge in [0.05, 0.1) is 21.6 Å². The van der Waals surface area contributed by atoms with Crippen LogP contribution in [0.3, 0.4) is 0 Å². The van der Waals surface area contributed by atoms with Crippen molar-refractivity contribution in [3.05, 3.63) is 74.3 Å². The monoisotopic (exact) mass is 398 g/mol. The van der Waals surface area contributed by atoms with Crippen LogP contribution in [0.4, 0.5) is 14.5 Å². The Labute approximate surface area is 157 Å². The Morgan fingerprint density at radius 1 is 1.26 bits per heavy atom. The zero-order chi connectivity index (χ0) is 20.1. The van der Waals surface area contributed by atoms with Crippen molar-refractivity contribution in [2.45, 2.75) is 13.0 Å². The molecule has 0 fully saturated rings.